The summed E-state index contributed by atoms with van der Waals surface area (Å²) in [6.45, 7) is 6.89. The number of rotatable bonds is 6. The van der Waals surface area contributed by atoms with Crippen LogP contribution in [0.25, 0.3) is 0 Å². The lowest BCUT2D eigenvalue weighted by molar-refractivity contribution is 0.0269. The summed E-state index contributed by atoms with van der Waals surface area (Å²) in [6, 6.07) is 6.31. The van der Waals surface area contributed by atoms with E-state index in [1.165, 1.54) is 11.1 Å². The molecular formula is C16H25NO2. The molecule has 0 heterocycles. The summed E-state index contributed by atoms with van der Waals surface area (Å²) >= 11 is 0. The highest BCUT2D eigenvalue weighted by Gasteiger charge is 2.27. The monoisotopic (exact) mass is 263 g/mol. The fraction of sp³-hybridized carbons (Fsp3) is 0.625. The molecular weight excluding hydrogens is 238 g/mol. The molecule has 0 unspecified atom stereocenters. The molecule has 0 bridgehead atoms. The van der Waals surface area contributed by atoms with E-state index in [-0.39, 0.29) is 6.10 Å². The Morgan fingerprint density at radius 1 is 1.21 bits per heavy atom. The van der Waals surface area contributed by atoms with Crippen LogP contribution in [0, 0.1) is 19.8 Å². The Labute approximate surface area is 116 Å². The van der Waals surface area contributed by atoms with Gasteiger partial charge in [-0.3, -0.25) is 0 Å². The number of ether oxygens (including phenoxy) is 1. The Balaban J connectivity index is 1.68. The van der Waals surface area contributed by atoms with Gasteiger partial charge in [-0.2, -0.15) is 0 Å². The Morgan fingerprint density at radius 3 is 2.42 bits per heavy atom. The molecule has 3 nitrogen and oxygen atoms in total. The van der Waals surface area contributed by atoms with Gasteiger partial charge < -0.3 is 14.7 Å². The zero-order valence-electron chi connectivity index (χ0n) is 12.2. The van der Waals surface area contributed by atoms with E-state index in [4.69, 9.17) is 4.74 Å². The quantitative estimate of drug-likeness (QED) is 0.855. The summed E-state index contributed by atoms with van der Waals surface area (Å²) in [5.41, 5.74) is 2.48. The first-order valence-corrected chi connectivity index (χ1v) is 7.10. The average molecular weight is 263 g/mol. The first-order valence-electron chi connectivity index (χ1n) is 7.10. The smallest absolute Gasteiger partial charge is 0.119 e. The van der Waals surface area contributed by atoms with Crippen molar-refractivity contribution in [2.75, 3.05) is 26.7 Å². The van der Waals surface area contributed by atoms with E-state index in [1.54, 1.807) is 0 Å². The number of aryl methyl sites for hydroxylation is 2. The predicted octanol–water partition coefficient (Wildman–Crippen LogP) is 2.38. The standard InChI is InChI=1S/C16H25NO2/c1-12-6-13(2)8-16(7-12)19-5-4-17(3)11-14-9-15(18)10-14/h6-8,14-15,18H,4-5,9-11H2,1-3H3. The molecule has 1 aliphatic rings. The van der Waals surface area contributed by atoms with Crippen molar-refractivity contribution in [3.05, 3.63) is 29.3 Å². The van der Waals surface area contributed by atoms with Crippen LogP contribution in [0.2, 0.25) is 0 Å². The SMILES string of the molecule is Cc1cc(C)cc(OCCN(C)CC2CC(O)C2)c1. The summed E-state index contributed by atoms with van der Waals surface area (Å²) in [5.74, 6) is 1.63. The van der Waals surface area contributed by atoms with Gasteiger partial charge in [0.2, 0.25) is 0 Å². The van der Waals surface area contributed by atoms with Crippen LogP contribution in [0.1, 0.15) is 24.0 Å². The molecule has 1 fully saturated rings. The van der Waals surface area contributed by atoms with Gasteiger partial charge in [-0.1, -0.05) is 6.07 Å². The number of hydrogen-bond donors (Lipinski definition) is 1. The van der Waals surface area contributed by atoms with Gasteiger partial charge in [0.05, 0.1) is 6.10 Å². The molecule has 0 saturated heterocycles. The van der Waals surface area contributed by atoms with Crippen molar-refractivity contribution in [2.45, 2.75) is 32.8 Å². The fourth-order valence-corrected chi connectivity index (χ4v) is 2.72. The van der Waals surface area contributed by atoms with E-state index in [1.807, 2.05) is 0 Å². The van der Waals surface area contributed by atoms with Gasteiger partial charge >= 0.3 is 0 Å². The maximum Gasteiger partial charge on any atom is 0.119 e. The van der Waals surface area contributed by atoms with Crippen molar-refractivity contribution in [2.24, 2.45) is 5.92 Å². The zero-order chi connectivity index (χ0) is 13.8. The second kappa shape index (κ2) is 6.40. The first kappa shape index (κ1) is 14.4. The van der Waals surface area contributed by atoms with E-state index >= 15 is 0 Å². The molecule has 0 aromatic heterocycles. The minimum atomic E-state index is -0.0510. The normalized spacial score (nSPS) is 22.4. The molecule has 0 radical (unpaired) electrons. The first-order chi connectivity index (χ1) is 9.02. The second-order valence-corrected chi connectivity index (χ2v) is 5.93. The lowest BCUT2D eigenvalue weighted by Gasteiger charge is -2.34. The highest BCUT2D eigenvalue weighted by atomic mass is 16.5. The number of nitrogens with zero attached hydrogens (tertiary/aromatic N) is 1. The Morgan fingerprint density at radius 2 is 1.84 bits per heavy atom. The molecule has 2 rings (SSSR count). The number of likely N-dealkylation sites (N-methyl/N-ethyl adjacent to an activating group) is 1. The maximum atomic E-state index is 9.26. The Hall–Kier alpha value is -1.06. The molecule has 1 aliphatic carbocycles. The number of aliphatic hydroxyl groups excluding tert-OH is 1. The molecule has 0 amide bonds. The lowest BCUT2D eigenvalue weighted by Crippen LogP contribution is -2.38. The molecule has 1 N–H and O–H groups in total. The summed E-state index contributed by atoms with van der Waals surface area (Å²) in [7, 11) is 2.12. The lowest BCUT2D eigenvalue weighted by atomic mass is 9.82. The Bertz CT molecular complexity index is 393. The third-order valence-corrected chi connectivity index (χ3v) is 3.72. The van der Waals surface area contributed by atoms with Crippen molar-refractivity contribution in [1.29, 1.82) is 0 Å². The molecule has 0 atom stereocenters. The molecule has 106 valence electrons. The van der Waals surface area contributed by atoms with E-state index in [0.717, 1.165) is 31.7 Å². The van der Waals surface area contributed by atoms with Crippen LogP contribution in [0.4, 0.5) is 0 Å². The van der Waals surface area contributed by atoms with Crippen LogP contribution in [-0.2, 0) is 0 Å². The molecule has 3 heteroatoms. The number of aliphatic hydroxyl groups is 1. The summed E-state index contributed by atoms with van der Waals surface area (Å²) in [4.78, 5) is 2.29. The van der Waals surface area contributed by atoms with Crippen LogP contribution < -0.4 is 4.74 Å². The van der Waals surface area contributed by atoms with Crippen LogP contribution in [0.5, 0.6) is 5.75 Å². The van der Waals surface area contributed by atoms with Gasteiger partial charge in [0.1, 0.15) is 12.4 Å². The zero-order valence-corrected chi connectivity index (χ0v) is 12.2. The van der Waals surface area contributed by atoms with Crippen molar-refractivity contribution < 1.29 is 9.84 Å². The molecule has 1 aromatic rings. The van der Waals surface area contributed by atoms with Crippen molar-refractivity contribution in [3.63, 3.8) is 0 Å². The van der Waals surface area contributed by atoms with Crippen molar-refractivity contribution in [1.82, 2.24) is 4.90 Å². The Kier molecular flexibility index (Phi) is 4.83. The molecule has 1 aromatic carbocycles. The summed E-state index contributed by atoms with van der Waals surface area (Å²) in [5, 5.41) is 9.26. The van der Waals surface area contributed by atoms with Gasteiger partial charge in [-0.05, 0) is 62.9 Å². The molecule has 19 heavy (non-hydrogen) atoms. The second-order valence-electron chi connectivity index (χ2n) is 5.93. The van der Waals surface area contributed by atoms with Crippen molar-refractivity contribution >= 4 is 0 Å². The number of hydrogen-bond acceptors (Lipinski definition) is 3. The fourth-order valence-electron chi connectivity index (χ4n) is 2.72. The molecule has 0 spiro atoms. The minimum absolute atomic E-state index is 0.0510. The van der Waals surface area contributed by atoms with Crippen molar-refractivity contribution in [3.8, 4) is 5.75 Å². The summed E-state index contributed by atoms with van der Waals surface area (Å²) in [6.07, 6.45) is 1.87. The predicted molar refractivity (Wildman–Crippen MR) is 77.6 cm³/mol. The summed E-state index contributed by atoms with van der Waals surface area (Å²) < 4.78 is 5.80. The third kappa shape index (κ3) is 4.51. The maximum absolute atomic E-state index is 9.26. The third-order valence-electron chi connectivity index (χ3n) is 3.72. The van der Waals surface area contributed by atoms with Crippen LogP contribution in [0.15, 0.2) is 18.2 Å². The van der Waals surface area contributed by atoms with E-state index < -0.39 is 0 Å². The number of benzene rings is 1. The average Bonchev–Trinajstić information content (AvgIpc) is 2.25. The minimum Gasteiger partial charge on any atom is -0.492 e. The van der Waals surface area contributed by atoms with Gasteiger partial charge in [0.15, 0.2) is 0 Å². The van der Waals surface area contributed by atoms with Crippen LogP contribution >= 0.6 is 0 Å². The topological polar surface area (TPSA) is 32.7 Å². The van der Waals surface area contributed by atoms with Gasteiger partial charge in [0, 0.05) is 13.1 Å². The van der Waals surface area contributed by atoms with Crippen LogP contribution in [-0.4, -0.2) is 42.9 Å². The van der Waals surface area contributed by atoms with Crippen LogP contribution in [0.3, 0.4) is 0 Å². The highest BCUT2D eigenvalue weighted by Crippen LogP contribution is 2.27. The molecule has 1 saturated carbocycles. The van der Waals surface area contributed by atoms with Gasteiger partial charge in [0.25, 0.3) is 0 Å². The van der Waals surface area contributed by atoms with E-state index in [9.17, 15) is 5.11 Å². The van der Waals surface area contributed by atoms with Gasteiger partial charge in [-0.15, -0.1) is 0 Å². The van der Waals surface area contributed by atoms with E-state index in [0.29, 0.717) is 12.5 Å². The largest absolute Gasteiger partial charge is 0.492 e. The van der Waals surface area contributed by atoms with Gasteiger partial charge in [-0.25, -0.2) is 0 Å². The van der Waals surface area contributed by atoms with E-state index in [2.05, 4.69) is 44.0 Å². The highest BCUT2D eigenvalue weighted by molar-refractivity contribution is 5.32. The molecule has 0 aliphatic heterocycles.